The molecule has 0 aliphatic rings. The molecule has 0 saturated heterocycles. The SMILES string of the molecule is CCCC(CS)CSc1ccc2ccccc2c1. The van der Waals surface area contributed by atoms with E-state index in [1.807, 2.05) is 11.8 Å². The van der Waals surface area contributed by atoms with Crippen LogP contribution in [0.2, 0.25) is 0 Å². The van der Waals surface area contributed by atoms with Crippen molar-refractivity contribution >= 4 is 35.2 Å². The van der Waals surface area contributed by atoms with E-state index < -0.39 is 0 Å². The fraction of sp³-hybridized carbons (Fsp3) is 0.375. The molecular weight excluding hydrogens is 256 g/mol. The molecule has 0 nitrogen and oxygen atoms in total. The van der Waals surface area contributed by atoms with Gasteiger partial charge in [0.1, 0.15) is 0 Å². The van der Waals surface area contributed by atoms with Crippen LogP contribution in [0.25, 0.3) is 10.8 Å². The van der Waals surface area contributed by atoms with E-state index in [9.17, 15) is 0 Å². The molecule has 1 atom stereocenters. The van der Waals surface area contributed by atoms with E-state index >= 15 is 0 Å². The third kappa shape index (κ3) is 3.69. The van der Waals surface area contributed by atoms with Gasteiger partial charge in [-0.2, -0.15) is 12.6 Å². The van der Waals surface area contributed by atoms with Crippen molar-refractivity contribution in [2.75, 3.05) is 11.5 Å². The van der Waals surface area contributed by atoms with Gasteiger partial charge in [0.15, 0.2) is 0 Å². The monoisotopic (exact) mass is 276 g/mol. The molecule has 2 rings (SSSR count). The molecule has 0 aliphatic heterocycles. The Kier molecular flexibility index (Phi) is 5.45. The molecule has 0 bridgehead atoms. The predicted octanol–water partition coefficient (Wildman–Crippen LogP) is 5.28. The lowest BCUT2D eigenvalue weighted by molar-refractivity contribution is 0.595. The number of thiol groups is 1. The maximum atomic E-state index is 4.44. The number of hydrogen-bond acceptors (Lipinski definition) is 2. The van der Waals surface area contributed by atoms with Crippen molar-refractivity contribution in [1.29, 1.82) is 0 Å². The number of fused-ring (bicyclic) bond motifs is 1. The van der Waals surface area contributed by atoms with Crippen molar-refractivity contribution in [1.82, 2.24) is 0 Å². The minimum absolute atomic E-state index is 0.731. The molecule has 0 aromatic heterocycles. The highest BCUT2D eigenvalue weighted by Crippen LogP contribution is 2.26. The van der Waals surface area contributed by atoms with Gasteiger partial charge in [0.25, 0.3) is 0 Å². The molecule has 0 heterocycles. The van der Waals surface area contributed by atoms with E-state index in [0.717, 1.165) is 11.7 Å². The second kappa shape index (κ2) is 7.10. The van der Waals surface area contributed by atoms with Gasteiger partial charge in [0.05, 0.1) is 0 Å². The van der Waals surface area contributed by atoms with Crippen LogP contribution in [0.1, 0.15) is 19.8 Å². The summed E-state index contributed by atoms with van der Waals surface area (Å²) in [5.41, 5.74) is 0. The van der Waals surface area contributed by atoms with Crippen LogP contribution in [-0.4, -0.2) is 11.5 Å². The van der Waals surface area contributed by atoms with E-state index in [2.05, 4.69) is 62.0 Å². The Balaban J connectivity index is 2.03. The molecule has 0 amide bonds. The first-order chi connectivity index (χ1) is 8.83. The number of thioether (sulfide) groups is 1. The fourth-order valence-electron chi connectivity index (χ4n) is 2.11. The number of benzene rings is 2. The molecule has 2 aromatic rings. The van der Waals surface area contributed by atoms with E-state index in [1.54, 1.807) is 0 Å². The van der Waals surface area contributed by atoms with Gasteiger partial charge in [0.2, 0.25) is 0 Å². The first kappa shape index (κ1) is 13.8. The molecule has 0 spiro atoms. The predicted molar refractivity (Wildman–Crippen MR) is 86.9 cm³/mol. The lowest BCUT2D eigenvalue weighted by Crippen LogP contribution is -2.04. The quantitative estimate of drug-likeness (QED) is 0.553. The largest absolute Gasteiger partial charge is 0.179 e. The summed E-state index contributed by atoms with van der Waals surface area (Å²) in [6, 6.07) is 15.3. The van der Waals surface area contributed by atoms with E-state index in [1.165, 1.54) is 34.3 Å². The van der Waals surface area contributed by atoms with Gasteiger partial charge in [-0.3, -0.25) is 0 Å². The number of rotatable bonds is 6. The summed E-state index contributed by atoms with van der Waals surface area (Å²) in [5.74, 6) is 2.90. The molecule has 0 aliphatic carbocycles. The van der Waals surface area contributed by atoms with Crippen LogP contribution in [0, 0.1) is 5.92 Å². The van der Waals surface area contributed by atoms with Crippen molar-refractivity contribution in [3.63, 3.8) is 0 Å². The van der Waals surface area contributed by atoms with Crippen molar-refractivity contribution in [2.45, 2.75) is 24.7 Å². The topological polar surface area (TPSA) is 0 Å². The van der Waals surface area contributed by atoms with Crippen LogP contribution in [0.4, 0.5) is 0 Å². The van der Waals surface area contributed by atoms with Crippen LogP contribution in [0.15, 0.2) is 47.4 Å². The summed E-state index contributed by atoms with van der Waals surface area (Å²) in [4.78, 5) is 1.37. The van der Waals surface area contributed by atoms with Gasteiger partial charge in [0, 0.05) is 10.6 Å². The summed E-state index contributed by atoms with van der Waals surface area (Å²) in [6.45, 7) is 2.25. The van der Waals surface area contributed by atoms with Crippen LogP contribution in [0.5, 0.6) is 0 Å². The highest BCUT2D eigenvalue weighted by atomic mass is 32.2. The first-order valence-electron chi connectivity index (χ1n) is 6.56. The highest BCUT2D eigenvalue weighted by Gasteiger charge is 2.06. The fourth-order valence-corrected chi connectivity index (χ4v) is 3.68. The Labute approximate surface area is 120 Å². The maximum absolute atomic E-state index is 4.44. The van der Waals surface area contributed by atoms with Crippen LogP contribution in [0.3, 0.4) is 0 Å². The molecule has 1 unspecified atom stereocenters. The van der Waals surface area contributed by atoms with Gasteiger partial charge in [-0.1, -0.05) is 43.7 Å². The molecule has 0 saturated carbocycles. The average Bonchev–Trinajstić information content (AvgIpc) is 2.43. The van der Waals surface area contributed by atoms with Crippen molar-refractivity contribution < 1.29 is 0 Å². The minimum atomic E-state index is 0.731. The van der Waals surface area contributed by atoms with Gasteiger partial charge >= 0.3 is 0 Å². The lowest BCUT2D eigenvalue weighted by Gasteiger charge is -2.12. The van der Waals surface area contributed by atoms with Crippen molar-refractivity contribution in [3.8, 4) is 0 Å². The standard InChI is InChI=1S/C16H20S2/c1-2-5-13(11-17)12-18-16-9-8-14-6-3-4-7-15(14)10-16/h3-4,6-10,13,17H,2,5,11-12H2,1H3. The van der Waals surface area contributed by atoms with Crippen LogP contribution < -0.4 is 0 Å². The summed E-state index contributed by atoms with van der Waals surface area (Å²) < 4.78 is 0. The molecule has 96 valence electrons. The minimum Gasteiger partial charge on any atom is -0.179 e. The second-order valence-corrected chi connectivity index (χ2v) is 6.12. The highest BCUT2D eigenvalue weighted by molar-refractivity contribution is 7.99. The first-order valence-corrected chi connectivity index (χ1v) is 8.17. The summed E-state index contributed by atoms with van der Waals surface area (Å²) in [5, 5.41) is 2.65. The van der Waals surface area contributed by atoms with Gasteiger partial charge in [-0.25, -0.2) is 0 Å². The van der Waals surface area contributed by atoms with Crippen LogP contribution in [-0.2, 0) is 0 Å². The normalized spacial score (nSPS) is 12.8. The van der Waals surface area contributed by atoms with Crippen LogP contribution >= 0.6 is 24.4 Å². The Morgan fingerprint density at radius 3 is 2.61 bits per heavy atom. The molecule has 2 heteroatoms. The zero-order valence-electron chi connectivity index (χ0n) is 10.8. The van der Waals surface area contributed by atoms with Gasteiger partial charge in [-0.15, -0.1) is 11.8 Å². The second-order valence-electron chi connectivity index (χ2n) is 4.66. The number of hydrogen-bond donors (Lipinski definition) is 1. The van der Waals surface area contributed by atoms with Gasteiger partial charge < -0.3 is 0 Å². The average molecular weight is 276 g/mol. The molecule has 0 fully saturated rings. The summed E-state index contributed by atoms with van der Waals surface area (Å²) >= 11 is 6.40. The third-order valence-electron chi connectivity index (χ3n) is 3.16. The zero-order valence-corrected chi connectivity index (χ0v) is 12.5. The Bertz CT molecular complexity index is 493. The Morgan fingerprint density at radius 1 is 1.11 bits per heavy atom. The van der Waals surface area contributed by atoms with Crippen molar-refractivity contribution in [2.24, 2.45) is 5.92 Å². The lowest BCUT2D eigenvalue weighted by atomic mass is 10.1. The van der Waals surface area contributed by atoms with E-state index in [4.69, 9.17) is 0 Å². The molecule has 0 N–H and O–H groups in total. The molecule has 0 radical (unpaired) electrons. The molecule has 18 heavy (non-hydrogen) atoms. The maximum Gasteiger partial charge on any atom is 0.00784 e. The molecular formula is C16H20S2. The zero-order chi connectivity index (χ0) is 12.8. The van der Waals surface area contributed by atoms with Crippen molar-refractivity contribution in [3.05, 3.63) is 42.5 Å². The van der Waals surface area contributed by atoms with E-state index in [-0.39, 0.29) is 0 Å². The summed E-state index contributed by atoms with van der Waals surface area (Å²) in [6.07, 6.45) is 2.54. The Morgan fingerprint density at radius 2 is 1.89 bits per heavy atom. The third-order valence-corrected chi connectivity index (χ3v) is 4.90. The molecule has 2 aromatic carbocycles. The smallest absolute Gasteiger partial charge is 0.00784 e. The Hall–Kier alpha value is -0.600. The van der Waals surface area contributed by atoms with Gasteiger partial charge in [-0.05, 0) is 41.0 Å². The van der Waals surface area contributed by atoms with E-state index in [0.29, 0.717) is 0 Å². The summed E-state index contributed by atoms with van der Waals surface area (Å²) in [7, 11) is 0.